The summed E-state index contributed by atoms with van der Waals surface area (Å²) in [6.45, 7) is 1.51. The standard InChI is InChI=1S/C11H10F2N2O2/c1-6-5-15-8(3-9(16)17-2)10(11(12)13)7(6)4-14/h5,11H,3H2,1-2H3. The third kappa shape index (κ3) is 2.75. The van der Waals surface area contributed by atoms with Crippen LogP contribution in [0.2, 0.25) is 0 Å². The minimum Gasteiger partial charge on any atom is -0.469 e. The minimum absolute atomic E-state index is 0.117. The number of hydrogen-bond acceptors (Lipinski definition) is 4. The van der Waals surface area contributed by atoms with Crippen LogP contribution >= 0.6 is 0 Å². The summed E-state index contributed by atoms with van der Waals surface area (Å²) in [5, 5.41) is 8.84. The minimum atomic E-state index is -2.85. The third-order valence-corrected chi connectivity index (χ3v) is 2.26. The topological polar surface area (TPSA) is 63.0 Å². The molecule has 0 radical (unpaired) electrons. The monoisotopic (exact) mass is 240 g/mol. The van der Waals surface area contributed by atoms with Crippen LogP contribution in [0.3, 0.4) is 0 Å². The van der Waals surface area contributed by atoms with E-state index in [1.54, 1.807) is 6.07 Å². The Morgan fingerprint density at radius 1 is 1.65 bits per heavy atom. The fourth-order valence-electron chi connectivity index (χ4n) is 1.40. The second-order valence-electron chi connectivity index (χ2n) is 3.34. The molecule has 0 aromatic carbocycles. The Balaban J connectivity index is 3.31. The predicted molar refractivity (Wildman–Crippen MR) is 54.4 cm³/mol. The van der Waals surface area contributed by atoms with Gasteiger partial charge in [-0.15, -0.1) is 0 Å². The van der Waals surface area contributed by atoms with Gasteiger partial charge in [-0.1, -0.05) is 0 Å². The molecule has 0 atom stereocenters. The van der Waals surface area contributed by atoms with Crippen molar-refractivity contribution in [1.29, 1.82) is 5.26 Å². The summed E-state index contributed by atoms with van der Waals surface area (Å²) < 4.78 is 30.1. The van der Waals surface area contributed by atoms with Crippen molar-refractivity contribution in [2.45, 2.75) is 19.8 Å². The molecule has 0 spiro atoms. The number of methoxy groups -OCH3 is 1. The number of hydrogen-bond donors (Lipinski definition) is 0. The van der Waals surface area contributed by atoms with Gasteiger partial charge in [0, 0.05) is 6.20 Å². The molecule has 0 amide bonds. The SMILES string of the molecule is COC(=O)Cc1ncc(C)c(C#N)c1C(F)F. The number of carbonyl (C=O) groups is 1. The van der Waals surface area contributed by atoms with Crippen LogP contribution in [-0.4, -0.2) is 18.1 Å². The van der Waals surface area contributed by atoms with Gasteiger partial charge in [0.1, 0.15) is 6.07 Å². The van der Waals surface area contributed by atoms with Crippen LogP contribution in [0, 0.1) is 18.3 Å². The summed E-state index contributed by atoms with van der Waals surface area (Å²) in [7, 11) is 1.16. The van der Waals surface area contributed by atoms with Crippen LogP contribution in [0.5, 0.6) is 0 Å². The quantitative estimate of drug-likeness (QED) is 0.757. The lowest BCUT2D eigenvalue weighted by molar-refractivity contribution is -0.139. The van der Waals surface area contributed by atoms with E-state index in [-0.39, 0.29) is 17.7 Å². The summed E-state index contributed by atoms with van der Waals surface area (Å²) in [5.74, 6) is -0.674. The first-order chi connectivity index (χ1) is 8.01. The van der Waals surface area contributed by atoms with Gasteiger partial charge in [0.25, 0.3) is 6.43 Å². The number of halogens is 2. The van der Waals surface area contributed by atoms with Crippen molar-refractivity contribution >= 4 is 5.97 Å². The van der Waals surface area contributed by atoms with Crippen molar-refractivity contribution in [2.75, 3.05) is 7.11 Å². The molecule has 1 aromatic heterocycles. The van der Waals surface area contributed by atoms with Gasteiger partial charge in [0.15, 0.2) is 0 Å². The molecule has 0 saturated heterocycles. The van der Waals surface area contributed by atoms with Gasteiger partial charge in [-0.2, -0.15) is 5.26 Å². The van der Waals surface area contributed by atoms with E-state index in [1.807, 2.05) is 0 Å². The fourth-order valence-corrected chi connectivity index (χ4v) is 1.40. The number of esters is 1. The maximum Gasteiger partial charge on any atom is 0.311 e. The molecule has 4 nitrogen and oxygen atoms in total. The molecule has 6 heteroatoms. The van der Waals surface area contributed by atoms with Gasteiger partial charge >= 0.3 is 5.97 Å². The van der Waals surface area contributed by atoms with Crippen LogP contribution in [0.4, 0.5) is 8.78 Å². The number of nitriles is 1. The van der Waals surface area contributed by atoms with Gasteiger partial charge in [-0.25, -0.2) is 8.78 Å². The van der Waals surface area contributed by atoms with Crippen LogP contribution in [0.15, 0.2) is 6.20 Å². The maximum atomic E-state index is 12.9. The molecule has 0 saturated carbocycles. The highest BCUT2D eigenvalue weighted by atomic mass is 19.3. The maximum absolute atomic E-state index is 12.9. The number of aryl methyl sites for hydroxylation is 1. The van der Waals surface area contributed by atoms with Crippen molar-refractivity contribution in [3.63, 3.8) is 0 Å². The van der Waals surface area contributed by atoms with E-state index in [2.05, 4.69) is 9.72 Å². The van der Waals surface area contributed by atoms with Gasteiger partial charge in [-0.05, 0) is 12.5 Å². The molecule has 0 aliphatic carbocycles. The molecule has 0 unspecified atom stereocenters. The van der Waals surface area contributed by atoms with Gasteiger partial charge in [-0.3, -0.25) is 9.78 Å². The average Bonchev–Trinajstić information content (AvgIpc) is 2.30. The van der Waals surface area contributed by atoms with E-state index < -0.39 is 18.0 Å². The van der Waals surface area contributed by atoms with Crippen molar-refractivity contribution in [2.24, 2.45) is 0 Å². The van der Waals surface area contributed by atoms with E-state index in [1.165, 1.54) is 13.1 Å². The van der Waals surface area contributed by atoms with E-state index in [9.17, 15) is 13.6 Å². The highest BCUT2D eigenvalue weighted by molar-refractivity contribution is 5.72. The lowest BCUT2D eigenvalue weighted by atomic mass is 10.0. The molecule has 1 rings (SSSR count). The second-order valence-corrected chi connectivity index (χ2v) is 3.34. The predicted octanol–water partition coefficient (Wildman–Crippen LogP) is 1.91. The lowest BCUT2D eigenvalue weighted by Gasteiger charge is -2.10. The van der Waals surface area contributed by atoms with Crippen LogP contribution in [-0.2, 0) is 16.0 Å². The van der Waals surface area contributed by atoms with E-state index in [4.69, 9.17) is 5.26 Å². The number of alkyl halides is 2. The Kier molecular flexibility index (Phi) is 4.10. The van der Waals surface area contributed by atoms with Gasteiger partial charge in [0.2, 0.25) is 0 Å². The number of ether oxygens (including phenoxy) is 1. The van der Waals surface area contributed by atoms with Gasteiger partial charge in [0.05, 0.1) is 30.4 Å². The number of aromatic nitrogens is 1. The zero-order valence-corrected chi connectivity index (χ0v) is 9.33. The Morgan fingerprint density at radius 2 is 2.29 bits per heavy atom. The summed E-state index contributed by atoms with van der Waals surface area (Å²) in [5.41, 5.74) is -0.378. The molecule has 0 fully saturated rings. The largest absolute Gasteiger partial charge is 0.469 e. The molecule has 0 aliphatic heterocycles. The second kappa shape index (κ2) is 5.34. The van der Waals surface area contributed by atoms with Crippen molar-refractivity contribution in [3.05, 3.63) is 28.6 Å². The molecule has 1 heterocycles. The molecule has 0 aliphatic rings. The zero-order chi connectivity index (χ0) is 13.0. The van der Waals surface area contributed by atoms with Crippen molar-refractivity contribution < 1.29 is 18.3 Å². The molecular weight excluding hydrogens is 230 g/mol. The first-order valence-corrected chi connectivity index (χ1v) is 4.74. The molecular formula is C11H10F2N2O2. The van der Waals surface area contributed by atoms with Crippen molar-refractivity contribution in [1.82, 2.24) is 4.98 Å². The average molecular weight is 240 g/mol. The Morgan fingerprint density at radius 3 is 2.76 bits per heavy atom. The highest BCUT2D eigenvalue weighted by Crippen LogP contribution is 2.27. The van der Waals surface area contributed by atoms with Crippen molar-refractivity contribution in [3.8, 4) is 6.07 Å². The van der Waals surface area contributed by atoms with Crippen LogP contribution in [0.25, 0.3) is 0 Å². The molecule has 1 aromatic rings. The fraction of sp³-hybridized carbons (Fsp3) is 0.364. The van der Waals surface area contributed by atoms with Crippen LogP contribution in [0.1, 0.15) is 28.8 Å². The van der Waals surface area contributed by atoms with E-state index in [0.717, 1.165) is 7.11 Å². The molecule has 0 N–H and O–H groups in total. The first kappa shape index (κ1) is 13.0. The number of rotatable bonds is 3. The number of pyridine rings is 1. The summed E-state index contributed by atoms with van der Waals surface area (Å²) in [6.07, 6.45) is -1.93. The zero-order valence-electron chi connectivity index (χ0n) is 9.33. The van der Waals surface area contributed by atoms with Crippen LogP contribution < -0.4 is 0 Å². The first-order valence-electron chi connectivity index (χ1n) is 4.74. The highest BCUT2D eigenvalue weighted by Gasteiger charge is 2.22. The summed E-state index contributed by atoms with van der Waals surface area (Å²) in [4.78, 5) is 14.8. The van der Waals surface area contributed by atoms with E-state index >= 15 is 0 Å². The Bertz CT molecular complexity index is 481. The summed E-state index contributed by atoms with van der Waals surface area (Å²) in [6, 6.07) is 1.70. The van der Waals surface area contributed by atoms with Gasteiger partial charge < -0.3 is 4.74 Å². The Hall–Kier alpha value is -2.03. The molecule has 17 heavy (non-hydrogen) atoms. The Labute approximate surface area is 96.8 Å². The number of carbonyl (C=O) groups excluding carboxylic acids is 1. The lowest BCUT2D eigenvalue weighted by Crippen LogP contribution is -2.11. The smallest absolute Gasteiger partial charge is 0.311 e. The number of nitrogens with zero attached hydrogens (tertiary/aromatic N) is 2. The van der Waals surface area contributed by atoms with E-state index in [0.29, 0.717) is 5.56 Å². The summed E-state index contributed by atoms with van der Waals surface area (Å²) >= 11 is 0. The molecule has 90 valence electrons. The molecule has 0 bridgehead atoms. The normalized spacial score (nSPS) is 10.1. The third-order valence-electron chi connectivity index (χ3n) is 2.26.